The SMILES string of the molecule is CC(=O)C(CCC(F)(F)F)C(C)=O.[Zr]. The summed E-state index contributed by atoms with van der Waals surface area (Å²) in [6, 6.07) is 0. The average molecular weight is 287 g/mol. The molecule has 0 aromatic heterocycles. The van der Waals surface area contributed by atoms with E-state index in [0.29, 0.717) is 0 Å². The van der Waals surface area contributed by atoms with Crippen LogP contribution in [0.1, 0.15) is 26.7 Å². The molecule has 0 aliphatic carbocycles. The largest absolute Gasteiger partial charge is 0.389 e. The van der Waals surface area contributed by atoms with Gasteiger partial charge in [0.15, 0.2) is 0 Å². The van der Waals surface area contributed by atoms with Crippen LogP contribution in [0.25, 0.3) is 0 Å². The Labute approximate surface area is 99.4 Å². The Balaban J connectivity index is 0. The third-order valence-corrected chi connectivity index (χ3v) is 1.70. The van der Waals surface area contributed by atoms with E-state index < -0.39 is 36.5 Å². The molecule has 0 saturated carbocycles. The quantitative estimate of drug-likeness (QED) is 0.742. The molecule has 2 nitrogen and oxygen atoms in total. The Morgan fingerprint density at radius 1 is 1.14 bits per heavy atom. The maximum absolute atomic E-state index is 11.7. The summed E-state index contributed by atoms with van der Waals surface area (Å²) in [6.07, 6.45) is -5.83. The van der Waals surface area contributed by atoms with Crippen LogP contribution in [0.3, 0.4) is 0 Å². The maximum Gasteiger partial charge on any atom is 0.389 e. The first-order valence-corrected chi connectivity index (χ1v) is 3.81. The van der Waals surface area contributed by atoms with Crippen LogP contribution in [0.5, 0.6) is 0 Å². The van der Waals surface area contributed by atoms with Crippen molar-refractivity contribution in [1.29, 1.82) is 0 Å². The normalized spacial score (nSPS) is 11.0. The Hall–Kier alpha value is 0.0131. The van der Waals surface area contributed by atoms with Gasteiger partial charge in [0.05, 0.1) is 5.92 Å². The molecular weight excluding hydrogens is 276 g/mol. The Morgan fingerprint density at radius 3 is 1.71 bits per heavy atom. The molecule has 14 heavy (non-hydrogen) atoms. The molecule has 0 aliphatic heterocycles. The second-order valence-electron chi connectivity index (χ2n) is 2.93. The minimum absolute atomic E-state index is 0. The van der Waals surface area contributed by atoms with Crippen molar-refractivity contribution in [3.05, 3.63) is 0 Å². The van der Waals surface area contributed by atoms with Crippen molar-refractivity contribution in [2.75, 3.05) is 0 Å². The third kappa shape index (κ3) is 7.42. The third-order valence-electron chi connectivity index (χ3n) is 1.70. The smallest absolute Gasteiger partial charge is 0.299 e. The summed E-state index contributed by atoms with van der Waals surface area (Å²) >= 11 is 0. The fourth-order valence-electron chi connectivity index (χ4n) is 1.00. The maximum atomic E-state index is 11.7. The number of hydrogen-bond acceptors (Lipinski definition) is 2. The monoisotopic (exact) mass is 286 g/mol. The van der Waals surface area contributed by atoms with Gasteiger partial charge in [0.25, 0.3) is 0 Å². The van der Waals surface area contributed by atoms with Crippen molar-refractivity contribution in [3.8, 4) is 0 Å². The first-order chi connectivity index (χ1) is 5.74. The molecular formula is C8H11F3O2Zr. The molecule has 0 rings (SSSR count). The topological polar surface area (TPSA) is 34.1 Å². The molecule has 0 bridgehead atoms. The van der Waals surface area contributed by atoms with E-state index in [1.54, 1.807) is 0 Å². The molecule has 0 spiro atoms. The van der Waals surface area contributed by atoms with Gasteiger partial charge in [0.2, 0.25) is 0 Å². The van der Waals surface area contributed by atoms with Gasteiger partial charge in [-0.05, 0) is 20.3 Å². The van der Waals surface area contributed by atoms with E-state index >= 15 is 0 Å². The van der Waals surface area contributed by atoms with Crippen LogP contribution in [-0.4, -0.2) is 17.7 Å². The van der Waals surface area contributed by atoms with Crippen molar-refractivity contribution in [2.24, 2.45) is 5.92 Å². The average Bonchev–Trinajstić information content (AvgIpc) is 1.82. The van der Waals surface area contributed by atoms with E-state index in [9.17, 15) is 22.8 Å². The molecule has 0 atom stereocenters. The van der Waals surface area contributed by atoms with E-state index in [4.69, 9.17) is 0 Å². The number of hydrogen-bond donors (Lipinski definition) is 0. The number of alkyl halides is 3. The van der Waals surface area contributed by atoms with Crippen LogP contribution in [0.4, 0.5) is 13.2 Å². The molecule has 0 amide bonds. The van der Waals surface area contributed by atoms with Crippen LogP contribution in [0.15, 0.2) is 0 Å². The summed E-state index contributed by atoms with van der Waals surface area (Å²) < 4.78 is 35.2. The van der Waals surface area contributed by atoms with Gasteiger partial charge >= 0.3 is 6.18 Å². The molecule has 0 saturated heterocycles. The molecule has 0 aliphatic rings. The molecule has 0 aromatic carbocycles. The van der Waals surface area contributed by atoms with E-state index in [1.165, 1.54) is 0 Å². The van der Waals surface area contributed by atoms with E-state index in [2.05, 4.69) is 0 Å². The summed E-state index contributed by atoms with van der Waals surface area (Å²) in [7, 11) is 0. The number of carbonyl (C=O) groups excluding carboxylic acids is 2. The summed E-state index contributed by atoms with van der Waals surface area (Å²) in [4.78, 5) is 21.4. The fourth-order valence-corrected chi connectivity index (χ4v) is 1.00. The second-order valence-corrected chi connectivity index (χ2v) is 2.93. The van der Waals surface area contributed by atoms with Gasteiger partial charge in [-0.25, -0.2) is 0 Å². The minimum Gasteiger partial charge on any atom is -0.299 e. The number of halogens is 3. The van der Waals surface area contributed by atoms with Crippen LogP contribution in [0, 0.1) is 5.92 Å². The molecule has 0 aromatic rings. The number of rotatable bonds is 4. The molecule has 0 N–H and O–H groups in total. The van der Waals surface area contributed by atoms with Crippen molar-refractivity contribution in [3.63, 3.8) is 0 Å². The van der Waals surface area contributed by atoms with Gasteiger partial charge in [0.1, 0.15) is 11.6 Å². The van der Waals surface area contributed by atoms with E-state index in [1.807, 2.05) is 0 Å². The number of carbonyl (C=O) groups is 2. The van der Waals surface area contributed by atoms with Crippen LogP contribution in [0.2, 0.25) is 0 Å². The summed E-state index contributed by atoms with van der Waals surface area (Å²) in [6.45, 7) is 2.25. The van der Waals surface area contributed by atoms with Gasteiger partial charge in [0, 0.05) is 32.6 Å². The minimum atomic E-state index is -4.30. The van der Waals surface area contributed by atoms with E-state index in [-0.39, 0.29) is 26.2 Å². The molecule has 0 fully saturated rings. The van der Waals surface area contributed by atoms with Gasteiger partial charge < -0.3 is 0 Å². The molecule has 80 valence electrons. The Kier molecular flexibility index (Phi) is 7.62. The van der Waals surface area contributed by atoms with E-state index in [0.717, 1.165) is 13.8 Å². The van der Waals surface area contributed by atoms with Crippen LogP contribution < -0.4 is 0 Å². The van der Waals surface area contributed by atoms with Crippen LogP contribution >= 0.6 is 0 Å². The number of ketones is 2. The van der Waals surface area contributed by atoms with Crippen LogP contribution in [-0.2, 0) is 35.8 Å². The van der Waals surface area contributed by atoms with Crippen molar-refractivity contribution in [2.45, 2.75) is 32.9 Å². The predicted octanol–water partition coefficient (Wildman–Crippen LogP) is 2.12. The van der Waals surface area contributed by atoms with Gasteiger partial charge in [-0.1, -0.05) is 0 Å². The summed E-state index contributed by atoms with van der Waals surface area (Å²) in [5.41, 5.74) is 0. The molecule has 0 heterocycles. The van der Waals surface area contributed by atoms with Gasteiger partial charge in [-0.3, -0.25) is 9.59 Å². The van der Waals surface area contributed by atoms with Crippen molar-refractivity contribution < 1.29 is 49.0 Å². The first-order valence-electron chi connectivity index (χ1n) is 3.81. The molecule has 6 heteroatoms. The van der Waals surface area contributed by atoms with Crippen molar-refractivity contribution in [1.82, 2.24) is 0 Å². The summed E-state index contributed by atoms with van der Waals surface area (Å²) in [5.74, 6) is -2.10. The van der Waals surface area contributed by atoms with Crippen molar-refractivity contribution >= 4 is 11.6 Å². The second kappa shape index (κ2) is 6.49. The van der Waals surface area contributed by atoms with Gasteiger partial charge in [-0.15, -0.1) is 0 Å². The zero-order chi connectivity index (χ0) is 10.6. The standard InChI is InChI=1S/C8H11F3O2.Zr/c1-5(12)7(6(2)13)3-4-8(9,10)11;/h7H,3-4H2,1-2H3;. The van der Waals surface area contributed by atoms with Gasteiger partial charge in [-0.2, -0.15) is 13.2 Å². The summed E-state index contributed by atoms with van der Waals surface area (Å²) in [5, 5.41) is 0. The Morgan fingerprint density at radius 2 is 1.50 bits per heavy atom. The predicted molar refractivity (Wildman–Crippen MR) is 40.1 cm³/mol. The first kappa shape index (κ1) is 16.4. The number of Topliss-reactive ketones (excluding diaryl/α,β-unsaturated/α-hetero) is 2. The molecule has 0 radical (unpaired) electrons. The zero-order valence-corrected chi connectivity index (χ0v) is 10.4. The Bertz CT molecular complexity index is 199. The fraction of sp³-hybridized carbons (Fsp3) is 0.750. The molecule has 0 unspecified atom stereocenters. The zero-order valence-electron chi connectivity index (χ0n) is 7.94.